The summed E-state index contributed by atoms with van der Waals surface area (Å²) in [6, 6.07) is 0.395. The molecular formula is C11H22N4. The number of aryl methyl sites for hydroxylation is 1. The predicted octanol–water partition coefficient (Wildman–Crippen LogP) is 1.32. The smallest absolute Gasteiger partial charge is 0.103 e. The standard InChI is InChI=1S/C11H22N4/c1-5-15(6-2)11(8-12-4)10-7-13-9(3)14-10/h7,11-12H,5-6,8H2,1-4H3,(H,13,14). The molecule has 0 amide bonds. The molecule has 0 aliphatic carbocycles. The Morgan fingerprint density at radius 2 is 2.13 bits per heavy atom. The van der Waals surface area contributed by atoms with Gasteiger partial charge in [0.1, 0.15) is 5.82 Å². The largest absolute Gasteiger partial charge is 0.345 e. The van der Waals surface area contributed by atoms with E-state index >= 15 is 0 Å². The maximum Gasteiger partial charge on any atom is 0.103 e. The molecular weight excluding hydrogens is 188 g/mol. The molecule has 0 saturated heterocycles. The van der Waals surface area contributed by atoms with Crippen LogP contribution in [0.5, 0.6) is 0 Å². The molecule has 4 heteroatoms. The van der Waals surface area contributed by atoms with E-state index < -0.39 is 0 Å². The number of H-pyrrole nitrogens is 1. The van der Waals surface area contributed by atoms with Crippen LogP contribution in [0.3, 0.4) is 0 Å². The Hall–Kier alpha value is -0.870. The molecule has 0 saturated carbocycles. The van der Waals surface area contributed by atoms with Gasteiger partial charge in [-0.1, -0.05) is 13.8 Å². The summed E-state index contributed by atoms with van der Waals surface area (Å²) in [7, 11) is 1.99. The molecule has 1 heterocycles. The van der Waals surface area contributed by atoms with Gasteiger partial charge in [-0.05, 0) is 27.1 Å². The first-order valence-corrected chi connectivity index (χ1v) is 5.63. The molecule has 1 aromatic rings. The third-order valence-electron chi connectivity index (χ3n) is 2.73. The number of nitrogens with one attached hydrogen (secondary N) is 2. The highest BCUT2D eigenvalue weighted by Crippen LogP contribution is 2.17. The third kappa shape index (κ3) is 3.04. The summed E-state index contributed by atoms with van der Waals surface area (Å²) >= 11 is 0. The molecule has 1 aromatic heterocycles. The summed E-state index contributed by atoms with van der Waals surface area (Å²) in [5, 5.41) is 3.24. The maximum atomic E-state index is 4.26. The zero-order valence-corrected chi connectivity index (χ0v) is 10.2. The van der Waals surface area contributed by atoms with Crippen LogP contribution >= 0.6 is 0 Å². The van der Waals surface area contributed by atoms with Crippen LogP contribution in [0.25, 0.3) is 0 Å². The Kier molecular flexibility index (Phi) is 4.78. The first-order valence-electron chi connectivity index (χ1n) is 5.63. The van der Waals surface area contributed by atoms with E-state index in [2.05, 4.69) is 34.0 Å². The van der Waals surface area contributed by atoms with Gasteiger partial charge in [-0.15, -0.1) is 0 Å². The number of hydrogen-bond donors (Lipinski definition) is 2. The number of rotatable bonds is 6. The van der Waals surface area contributed by atoms with Crippen LogP contribution in [0.4, 0.5) is 0 Å². The normalized spacial score (nSPS) is 13.4. The number of nitrogens with zero attached hydrogens (tertiary/aromatic N) is 2. The average molecular weight is 210 g/mol. The molecule has 0 aliphatic rings. The minimum absolute atomic E-state index is 0.395. The van der Waals surface area contributed by atoms with Gasteiger partial charge in [0, 0.05) is 12.7 Å². The van der Waals surface area contributed by atoms with Gasteiger partial charge in [-0.2, -0.15) is 0 Å². The Morgan fingerprint density at radius 1 is 1.47 bits per heavy atom. The fourth-order valence-corrected chi connectivity index (χ4v) is 1.90. The fourth-order valence-electron chi connectivity index (χ4n) is 1.90. The van der Waals surface area contributed by atoms with Crippen LogP contribution in [0.1, 0.15) is 31.4 Å². The Bertz CT molecular complexity index is 278. The lowest BCUT2D eigenvalue weighted by atomic mass is 10.2. The fraction of sp³-hybridized carbons (Fsp3) is 0.727. The predicted molar refractivity (Wildman–Crippen MR) is 62.9 cm³/mol. The summed E-state index contributed by atoms with van der Waals surface area (Å²) in [6.07, 6.45) is 1.94. The lowest BCUT2D eigenvalue weighted by Crippen LogP contribution is -2.34. The van der Waals surface area contributed by atoms with Crippen molar-refractivity contribution in [2.75, 3.05) is 26.7 Å². The quantitative estimate of drug-likeness (QED) is 0.744. The lowest BCUT2D eigenvalue weighted by Gasteiger charge is -2.28. The zero-order valence-electron chi connectivity index (χ0n) is 10.2. The first kappa shape index (κ1) is 12.2. The van der Waals surface area contributed by atoms with Crippen molar-refractivity contribution < 1.29 is 0 Å². The van der Waals surface area contributed by atoms with Crippen LogP contribution in [-0.4, -0.2) is 41.5 Å². The molecule has 2 N–H and O–H groups in total. The highest BCUT2D eigenvalue weighted by atomic mass is 15.2. The molecule has 15 heavy (non-hydrogen) atoms. The lowest BCUT2D eigenvalue weighted by molar-refractivity contribution is 0.212. The highest BCUT2D eigenvalue weighted by molar-refractivity contribution is 5.07. The van der Waals surface area contributed by atoms with E-state index in [1.807, 2.05) is 20.2 Å². The van der Waals surface area contributed by atoms with Gasteiger partial charge >= 0.3 is 0 Å². The zero-order chi connectivity index (χ0) is 11.3. The van der Waals surface area contributed by atoms with Gasteiger partial charge in [-0.3, -0.25) is 4.90 Å². The van der Waals surface area contributed by atoms with Gasteiger partial charge in [0.05, 0.1) is 11.7 Å². The summed E-state index contributed by atoms with van der Waals surface area (Å²) in [5.41, 5.74) is 1.20. The molecule has 86 valence electrons. The van der Waals surface area contributed by atoms with Crippen molar-refractivity contribution in [3.05, 3.63) is 17.7 Å². The van der Waals surface area contributed by atoms with E-state index in [0.717, 1.165) is 25.5 Å². The number of aromatic nitrogens is 2. The Labute approximate surface area is 92.1 Å². The van der Waals surface area contributed by atoms with Gasteiger partial charge in [0.2, 0.25) is 0 Å². The topological polar surface area (TPSA) is 44.0 Å². The molecule has 1 atom stereocenters. The summed E-state index contributed by atoms with van der Waals surface area (Å²) < 4.78 is 0. The number of hydrogen-bond acceptors (Lipinski definition) is 3. The van der Waals surface area contributed by atoms with Crippen molar-refractivity contribution in [3.8, 4) is 0 Å². The molecule has 1 unspecified atom stereocenters. The molecule has 4 nitrogen and oxygen atoms in total. The molecule has 0 aliphatic heterocycles. The maximum absolute atomic E-state index is 4.26. The highest BCUT2D eigenvalue weighted by Gasteiger charge is 2.18. The van der Waals surface area contributed by atoms with Crippen LogP contribution in [0.2, 0.25) is 0 Å². The molecule has 0 radical (unpaired) electrons. The van der Waals surface area contributed by atoms with Crippen molar-refractivity contribution in [2.24, 2.45) is 0 Å². The van der Waals surface area contributed by atoms with Crippen molar-refractivity contribution in [1.29, 1.82) is 0 Å². The van der Waals surface area contributed by atoms with Crippen LogP contribution in [-0.2, 0) is 0 Å². The van der Waals surface area contributed by atoms with Crippen LogP contribution < -0.4 is 5.32 Å². The molecule has 0 aromatic carbocycles. The Balaban J connectivity index is 2.81. The van der Waals surface area contributed by atoms with E-state index in [-0.39, 0.29) is 0 Å². The van der Waals surface area contributed by atoms with Crippen molar-refractivity contribution in [1.82, 2.24) is 20.2 Å². The number of imidazole rings is 1. The van der Waals surface area contributed by atoms with Gasteiger partial charge < -0.3 is 10.3 Å². The first-order chi connectivity index (χ1) is 7.22. The summed E-state index contributed by atoms with van der Waals surface area (Å²) in [4.78, 5) is 10.00. The van der Waals surface area contributed by atoms with Crippen LogP contribution in [0, 0.1) is 6.92 Å². The SMILES string of the molecule is CCN(CC)C(CNC)c1cnc(C)[nH]1. The molecule has 1 rings (SSSR count). The number of aromatic amines is 1. The van der Waals surface area contributed by atoms with Crippen LogP contribution in [0.15, 0.2) is 6.20 Å². The monoisotopic (exact) mass is 210 g/mol. The van der Waals surface area contributed by atoms with Gasteiger partial charge in [0.25, 0.3) is 0 Å². The second-order valence-corrected chi connectivity index (χ2v) is 3.72. The van der Waals surface area contributed by atoms with Crippen molar-refractivity contribution in [2.45, 2.75) is 26.8 Å². The van der Waals surface area contributed by atoms with E-state index in [9.17, 15) is 0 Å². The van der Waals surface area contributed by atoms with E-state index in [4.69, 9.17) is 0 Å². The third-order valence-corrected chi connectivity index (χ3v) is 2.73. The van der Waals surface area contributed by atoms with Crippen molar-refractivity contribution in [3.63, 3.8) is 0 Å². The van der Waals surface area contributed by atoms with Crippen molar-refractivity contribution >= 4 is 0 Å². The Morgan fingerprint density at radius 3 is 2.53 bits per heavy atom. The summed E-state index contributed by atoms with van der Waals surface area (Å²) in [6.45, 7) is 9.43. The molecule has 0 spiro atoms. The molecule has 0 fully saturated rings. The van der Waals surface area contributed by atoms with E-state index in [1.54, 1.807) is 0 Å². The minimum Gasteiger partial charge on any atom is -0.345 e. The molecule has 0 bridgehead atoms. The average Bonchev–Trinajstić information content (AvgIpc) is 2.65. The second kappa shape index (κ2) is 5.88. The number of likely N-dealkylation sites (N-methyl/N-ethyl adjacent to an activating group) is 2. The summed E-state index contributed by atoms with van der Waals surface area (Å²) in [5.74, 6) is 0.984. The second-order valence-electron chi connectivity index (χ2n) is 3.72. The van der Waals surface area contributed by atoms with E-state index in [1.165, 1.54) is 5.69 Å². The van der Waals surface area contributed by atoms with Gasteiger partial charge in [0.15, 0.2) is 0 Å². The van der Waals surface area contributed by atoms with Gasteiger partial charge in [-0.25, -0.2) is 4.98 Å². The minimum atomic E-state index is 0.395. The van der Waals surface area contributed by atoms with E-state index in [0.29, 0.717) is 6.04 Å².